The molecule has 0 fully saturated rings. The number of primary sulfonamides is 1. The Bertz CT molecular complexity index is 1290. The number of aromatic hydroxyl groups is 1. The molecule has 8 nitrogen and oxygen atoms in total. The van der Waals surface area contributed by atoms with Gasteiger partial charge < -0.3 is 15.4 Å². The summed E-state index contributed by atoms with van der Waals surface area (Å²) < 4.78 is 22.6. The van der Waals surface area contributed by atoms with Crippen molar-refractivity contribution in [2.75, 3.05) is 0 Å². The zero-order valence-corrected chi connectivity index (χ0v) is 16.5. The van der Waals surface area contributed by atoms with Crippen LogP contribution in [0, 0.1) is 0 Å². The number of H-pyrrole nitrogens is 1. The van der Waals surface area contributed by atoms with Crippen molar-refractivity contribution < 1.29 is 18.3 Å². The zero-order valence-electron chi connectivity index (χ0n) is 14.9. The Hall–Kier alpha value is -3.21. The molecule has 2 aromatic carbocycles. The lowest BCUT2D eigenvalue weighted by molar-refractivity contribution is 0.0952. The van der Waals surface area contributed by atoms with Crippen LogP contribution in [0.25, 0.3) is 21.7 Å². The maximum atomic E-state index is 12.7. The fourth-order valence-corrected chi connectivity index (χ4v) is 4.05. The Labute approximate surface area is 170 Å². The van der Waals surface area contributed by atoms with Crippen LogP contribution in [-0.4, -0.2) is 29.4 Å². The van der Waals surface area contributed by atoms with Gasteiger partial charge in [-0.05, 0) is 41.3 Å². The minimum Gasteiger partial charge on any atom is -0.506 e. The Morgan fingerprint density at radius 3 is 2.59 bits per heavy atom. The van der Waals surface area contributed by atoms with E-state index >= 15 is 0 Å². The number of carbonyl (C=O) groups excluding carboxylic acids is 1. The Morgan fingerprint density at radius 1 is 1.17 bits per heavy atom. The van der Waals surface area contributed by atoms with Gasteiger partial charge in [-0.1, -0.05) is 18.2 Å². The number of nitrogens with one attached hydrogen (secondary N) is 2. The molecule has 0 saturated heterocycles. The fraction of sp³-hybridized carbons (Fsp3) is 0.0526. The fourth-order valence-electron chi connectivity index (χ4n) is 2.87. The number of nitrogens with two attached hydrogens (primary N) is 1. The smallest absolute Gasteiger partial charge is 0.253 e. The van der Waals surface area contributed by atoms with E-state index in [9.17, 15) is 18.3 Å². The number of thiophene rings is 1. The topological polar surface area (TPSA) is 138 Å². The third-order valence-electron chi connectivity index (χ3n) is 4.33. The van der Waals surface area contributed by atoms with Gasteiger partial charge in [0, 0.05) is 6.54 Å². The highest BCUT2D eigenvalue weighted by molar-refractivity contribution is 7.89. The standard InChI is InChI=1S/C19H16N4O4S2/c20-29(26,27)12-5-3-11(4-6-12)10-21-19(25)13-7-8-14(24)17-16(13)22-18(23-17)15-2-1-9-28-15/h1-9,24H,10H2,(H,21,25)(H,22,23)(H2,20,26,27). The van der Waals surface area contributed by atoms with Crippen LogP contribution in [0.5, 0.6) is 5.75 Å². The van der Waals surface area contributed by atoms with Crippen LogP contribution in [0.2, 0.25) is 0 Å². The molecule has 10 heteroatoms. The first-order valence-electron chi connectivity index (χ1n) is 8.48. The summed E-state index contributed by atoms with van der Waals surface area (Å²) in [5.74, 6) is 0.212. The molecule has 0 aliphatic carbocycles. The first-order chi connectivity index (χ1) is 13.8. The number of aromatic nitrogens is 2. The van der Waals surface area contributed by atoms with Crippen molar-refractivity contribution in [1.82, 2.24) is 15.3 Å². The molecule has 5 N–H and O–H groups in total. The van der Waals surface area contributed by atoms with E-state index < -0.39 is 10.0 Å². The number of phenolic OH excluding ortho intramolecular Hbond substituents is 1. The van der Waals surface area contributed by atoms with Crippen molar-refractivity contribution >= 4 is 38.3 Å². The quantitative estimate of drug-likeness (QED) is 0.387. The Balaban J connectivity index is 1.58. The van der Waals surface area contributed by atoms with Gasteiger partial charge in [-0.3, -0.25) is 4.79 Å². The van der Waals surface area contributed by atoms with Gasteiger partial charge in [-0.2, -0.15) is 0 Å². The molecular weight excluding hydrogens is 412 g/mol. The molecule has 0 unspecified atom stereocenters. The average Bonchev–Trinajstić information content (AvgIpc) is 3.36. The van der Waals surface area contributed by atoms with E-state index in [0.717, 1.165) is 4.88 Å². The second-order valence-corrected chi connectivity index (χ2v) is 8.80. The lowest BCUT2D eigenvalue weighted by Gasteiger charge is -2.07. The normalized spacial score (nSPS) is 11.6. The molecule has 2 aromatic heterocycles. The molecule has 4 rings (SSSR count). The molecule has 4 aromatic rings. The van der Waals surface area contributed by atoms with E-state index in [1.165, 1.54) is 35.6 Å². The van der Waals surface area contributed by atoms with E-state index in [0.29, 0.717) is 28.0 Å². The van der Waals surface area contributed by atoms with Gasteiger partial charge in [0.2, 0.25) is 10.0 Å². The molecule has 29 heavy (non-hydrogen) atoms. The number of benzene rings is 2. The molecule has 0 spiro atoms. The number of sulfonamides is 1. The third-order valence-corrected chi connectivity index (χ3v) is 6.13. The summed E-state index contributed by atoms with van der Waals surface area (Å²) >= 11 is 1.49. The largest absolute Gasteiger partial charge is 0.506 e. The molecule has 0 aliphatic rings. The molecule has 2 heterocycles. The van der Waals surface area contributed by atoms with Gasteiger partial charge in [0.15, 0.2) is 0 Å². The lowest BCUT2D eigenvalue weighted by atomic mass is 10.1. The molecule has 148 valence electrons. The van der Waals surface area contributed by atoms with Gasteiger partial charge in [-0.15, -0.1) is 11.3 Å². The Morgan fingerprint density at radius 2 is 1.93 bits per heavy atom. The van der Waals surface area contributed by atoms with Crippen LogP contribution in [0.15, 0.2) is 58.8 Å². The monoisotopic (exact) mass is 428 g/mol. The number of hydrogen-bond donors (Lipinski definition) is 4. The van der Waals surface area contributed by atoms with Crippen molar-refractivity contribution in [2.45, 2.75) is 11.4 Å². The second kappa shape index (κ2) is 7.32. The van der Waals surface area contributed by atoms with E-state index in [4.69, 9.17) is 5.14 Å². The molecule has 0 atom stereocenters. The zero-order chi connectivity index (χ0) is 20.6. The van der Waals surface area contributed by atoms with Crippen LogP contribution in [0.4, 0.5) is 0 Å². The summed E-state index contributed by atoms with van der Waals surface area (Å²) in [7, 11) is -3.76. The highest BCUT2D eigenvalue weighted by Crippen LogP contribution is 2.30. The molecule has 0 saturated carbocycles. The summed E-state index contributed by atoms with van der Waals surface area (Å²) in [4.78, 5) is 21.1. The number of hydrogen-bond acceptors (Lipinski definition) is 6. The maximum Gasteiger partial charge on any atom is 0.253 e. The van der Waals surface area contributed by atoms with Crippen LogP contribution in [-0.2, 0) is 16.6 Å². The highest BCUT2D eigenvalue weighted by atomic mass is 32.2. The number of fused-ring (bicyclic) bond motifs is 1. The van der Waals surface area contributed by atoms with Crippen molar-refractivity contribution in [3.8, 4) is 16.5 Å². The van der Waals surface area contributed by atoms with Crippen LogP contribution in [0.3, 0.4) is 0 Å². The van der Waals surface area contributed by atoms with E-state index in [1.54, 1.807) is 12.1 Å². The summed E-state index contributed by atoms with van der Waals surface area (Å²) in [5, 5.41) is 19.9. The summed E-state index contributed by atoms with van der Waals surface area (Å²) in [6.07, 6.45) is 0. The van der Waals surface area contributed by atoms with Gasteiger partial charge in [0.05, 0.1) is 15.3 Å². The van der Waals surface area contributed by atoms with Crippen molar-refractivity contribution in [3.05, 3.63) is 65.0 Å². The lowest BCUT2D eigenvalue weighted by Crippen LogP contribution is -2.23. The molecule has 0 radical (unpaired) electrons. The van der Waals surface area contributed by atoms with Crippen LogP contribution >= 0.6 is 11.3 Å². The number of imidazole rings is 1. The van der Waals surface area contributed by atoms with Crippen molar-refractivity contribution in [3.63, 3.8) is 0 Å². The van der Waals surface area contributed by atoms with Crippen molar-refractivity contribution in [1.29, 1.82) is 0 Å². The van der Waals surface area contributed by atoms with Crippen molar-refractivity contribution in [2.24, 2.45) is 5.14 Å². The first-order valence-corrected chi connectivity index (χ1v) is 10.9. The third kappa shape index (κ3) is 3.86. The average molecular weight is 428 g/mol. The predicted molar refractivity (Wildman–Crippen MR) is 110 cm³/mol. The molecule has 0 aliphatic heterocycles. The Kier molecular flexibility index (Phi) is 4.82. The number of rotatable bonds is 5. The SMILES string of the molecule is NS(=O)(=O)c1ccc(CNC(=O)c2ccc(O)c3[nH]c(-c4cccs4)nc23)cc1. The number of amides is 1. The molecular formula is C19H16N4O4S2. The van der Waals surface area contributed by atoms with Gasteiger partial charge in [0.1, 0.15) is 22.6 Å². The second-order valence-electron chi connectivity index (χ2n) is 6.29. The van der Waals surface area contributed by atoms with Gasteiger partial charge in [-0.25, -0.2) is 18.5 Å². The van der Waals surface area contributed by atoms with Gasteiger partial charge in [0.25, 0.3) is 5.91 Å². The van der Waals surface area contributed by atoms with E-state index in [1.807, 2.05) is 17.5 Å². The minimum atomic E-state index is -3.76. The molecule has 0 bridgehead atoms. The van der Waals surface area contributed by atoms with E-state index in [2.05, 4.69) is 15.3 Å². The van der Waals surface area contributed by atoms with Gasteiger partial charge >= 0.3 is 0 Å². The first kappa shape index (κ1) is 19.1. The summed E-state index contributed by atoms with van der Waals surface area (Å²) in [5.41, 5.74) is 1.79. The number of nitrogens with zero attached hydrogens (tertiary/aromatic N) is 1. The van der Waals surface area contributed by atoms with Crippen LogP contribution in [0.1, 0.15) is 15.9 Å². The summed E-state index contributed by atoms with van der Waals surface area (Å²) in [6, 6.07) is 12.7. The molecule has 1 amide bonds. The summed E-state index contributed by atoms with van der Waals surface area (Å²) in [6.45, 7) is 0.189. The highest BCUT2D eigenvalue weighted by Gasteiger charge is 2.17. The minimum absolute atomic E-state index is 0.00504. The maximum absolute atomic E-state index is 12.7. The predicted octanol–water partition coefficient (Wildman–Crippen LogP) is 2.57. The number of carbonyl (C=O) groups is 1. The van der Waals surface area contributed by atoms with E-state index in [-0.39, 0.29) is 23.1 Å². The number of aromatic amines is 1. The van der Waals surface area contributed by atoms with Crippen LogP contribution < -0.4 is 10.5 Å². The number of phenols is 1.